The quantitative estimate of drug-likeness (QED) is 0.313. The molecule has 206 valence electrons. The van der Waals surface area contributed by atoms with Crippen molar-refractivity contribution >= 4 is 23.5 Å². The van der Waals surface area contributed by atoms with Gasteiger partial charge in [-0.3, -0.25) is 9.59 Å². The van der Waals surface area contributed by atoms with E-state index in [4.69, 9.17) is 25.8 Å². The van der Waals surface area contributed by atoms with Crippen LogP contribution in [0.15, 0.2) is 54.6 Å². The maximum atomic E-state index is 14.0. The van der Waals surface area contributed by atoms with Gasteiger partial charge in [0, 0.05) is 25.2 Å². The van der Waals surface area contributed by atoms with Crippen molar-refractivity contribution in [1.29, 1.82) is 0 Å². The number of halogens is 1. The van der Waals surface area contributed by atoms with Crippen molar-refractivity contribution in [2.45, 2.75) is 58.6 Å². The van der Waals surface area contributed by atoms with Gasteiger partial charge < -0.3 is 19.5 Å². The lowest BCUT2D eigenvalue weighted by molar-refractivity contribution is -0.140. The summed E-state index contributed by atoms with van der Waals surface area (Å²) in [5.74, 6) is 0.0822. The van der Waals surface area contributed by atoms with Crippen LogP contribution >= 0.6 is 11.6 Å². The fourth-order valence-corrected chi connectivity index (χ4v) is 5.28. The zero-order valence-corrected chi connectivity index (χ0v) is 23.8. The van der Waals surface area contributed by atoms with Gasteiger partial charge in [-0.05, 0) is 80.5 Å². The predicted molar refractivity (Wildman–Crippen MR) is 152 cm³/mol. The maximum Gasteiger partial charge on any atom is 0.305 e. The number of nitrogens with one attached hydrogen (secondary N) is 1. The summed E-state index contributed by atoms with van der Waals surface area (Å²) in [5, 5.41) is 3.91. The largest absolute Gasteiger partial charge is 0.487 e. The highest BCUT2D eigenvalue weighted by atomic mass is 35.5. The summed E-state index contributed by atoms with van der Waals surface area (Å²) in [6.45, 7) is 7.49. The van der Waals surface area contributed by atoms with Gasteiger partial charge in [-0.1, -0.05) is 59.1 Å². The van der Waals surface area contributed by atoms with E-state index in [0.717, 1.165) is 33.4 Å². The van der Waals surface area contributed by atoms with Gasteiger partial charge in [0.1, 0.15) is 12.4 Å². The van der Waals surface area contributed by atoms with E-state index in [1.807, 2.05) is 37.3 Å². The van der Waals surface area contributed by atoms with Crippen LogP contribution < -0.4 is 10.1 Å². The number of carbonyl (C=O) groups is 2. The number of carbonyl (C=O) groups excluding carboxylic acids is 2. The number of esters is 1. The zero-order chi connectivity index (χ0) is 28.0. The molecular weight excluding hydrogens is 514 g/mol. The molecule has 0 aliphatic carbocycles. The van der Waals surface area contributed by atoms with Crippen molar-refractivity contribution in [3.63, 3.8) is 0 Å². The Kier molecular flexibility index (Phi) is 9.31. The average Bonchev–Trinajstić information content (AvgIpc) is 2.92. The summed E-state index contributed by atoms with van der Waals surface area (Å²) in [4.78, 5) is 25.9. The predicted octanol–water partition coefficient (Wildman–Crippen LogP) is 6.39. The molecule has 3 aromatic rings. The first kappa shape index (κ1) is 28.7. The van der Waals surface area contributed by atoms with Crippen LogP contribution in [0.3, 0.4) is 0 Å². The van der Waals surface area contributed by atoms with E-state index in [1.165, 1.54) is 7.11 Å². The van der Waals surface area contributed by atoms with Crippen molar-refractivity contribution < 1.29 is 23.8 Å². The zero-order valence-electron chi connectivity index (χ0n) is 23.1. The lowest BCUT2D eigenvalue weighted by Gasteiger charge is -2.39. The molecular formula is C32H36ClNO5. The van der Waals surface area contributed by atoms with E-state index in [1.54, 1.807) is 6.07 Å². The Bertz CT molecular complexity index is 1330. The highest BCUT2D eigenvalue weighted by Crippen LogP contribution is 2.34. The molecule has 0 saturated carbocycles. The van der Waals surface area contributed by atoms with E-state index in [0.29, 0.717) is 48.8 Å². The number of amides is 1. The second-order valence-electron chi connectivity index (χ2n) is 10.3. The number of aryl methyl sites for hydroxylation is 4. The molecule has 0 aromatic heterocycles. The Morgan fingerprint density at radius 2 is 1.67 bits per heavy atom. The Balaban J connectivity index is 1.65. The molecule has 0 bridgehead atoms. The van der Waals surface area contributed by atoms with E-state index >= 15 is 0 Å². The summed E-state index contributed by atoms with van der Waals surface area (Å²) in [5.41, 5.74) is 6.00. The van der Waals surface area contributed by atoms with E-state index in [-0.39, 0.29) is 24.9 Å². The monoisotopic (exact) mass is 549 g/mol. The molecule has 3 aromatic carbocycles. The van der Waals surface area contributed by atoms with Crippen LogP contribution in [0.1, 0.15) is 63.0 Å². The first-order valence-electron chi connectivity index (χ1n) is 13.3. The van der Waals surface area contributed by atoms with Crippen LogP contribution in [0.5, 0.6) is 5.75 Å². The summed E-state index contributed by atoms with van der Waals surface area (Å²) in [6, 6.07) is 17.7. The first-order valence-corrected chi connectivity index (χ1v) is 13.6. The first-order chi connectivity index (χ1) is 18.7. The molecule has 1 heterocycles. The SMILES string of the molecule is COC(=O)CCc1ccc(COc2cc(C)ccc2Cl)cc1C(=O)NC1(c2cc(C)cc(C)c2)CCOCC1. The van der Waals surface area contributed by atoms with Crippen LogP contribution in [0, 0.1) is 20.8 Å². The lowest BCUT2D eigenvalue weighted by atomic mass is 9.81. The van der Waals surface area contributed by atoms with Crippen molar-refractivity contribution in [2.75, 3.05) is 20.3 Å². The Morgan fingerprint density at radius 3 is 2.36 bits per heavy atom. The molecule has 7 heteroatoms. The average molecular weight is 550 g/mol. The number of rotatable bonds is 9. The van der Waals surface area contributed by atoms with Crippen LogP contribution in [0.25, 0.3) is 0 Å². The molecule has 0 atom stereocenters. The van der Waals surface area contributed by atoms with E-state index in [9.17, 15) is 9.59 Å². The van der Waals surface area contributed by atoms with Gasteiger partial charge in [-0.25, -0.2) is 0 Å². The fourth-order valence-electron chi connectivity index (χ4n) is 5.11. The van der Waals surface area contributed by atoms with E-state index < -0.39 is 5.54 Å². The van der Waals surface area contributed by atoms with Gasteiger partial charge in [-0.15, -0.1) is 0 Å². The molecule has 1 fully saturated rings. The third-order valence-corrected chi connectivity index (χ3v) is 7.51. The van der Waals surface area contributed by atoms with E-state index in [2.05, 4.69) is 37.4 Å². The number of methoxy groups -OCH3 is 1. The van der Waals surface area contributed by atoms with Gasteiger partial charge in [0.2, 0.25) is 0 Å². The molecule has 1 N–H and O–H groups in total. The molecule has 0 radical (unpaired) electrons. The van der Waals surface area contributed by atoms with Gasteiger partial charge in [0.05, 0.1) is 17.7 Å². The summed E-state index contributed by atoms with van der Waals surface area (Å²) >= 11 is 6.32. The Labute approximate surface area is 235 Å². The van der Waals surface area contributed by atoms with Crippen LogP contribution in [0.2, 0.25) is 5.02 Å². The molecule has 1 amide bonds. The Hall–Kier alpha value is -3.35. The minimum absolute atomic E-state index is 0.182. The highest BCUT2D eigenvalue weighted by Gasteiger charge is 2.37. The minimum atomic E-state index is -0.548. The Morgan fingerprint density at radius 1 is 0.949 bits per heavy atom. The van der Waals surface area contributed by atoms with Crippen molar-refractivity contribution in [1.82, 2.24) is 5.32 Å². The topological polar surface area (TPSA) is 73.9 Å². The molecule has 1 aliphatic rings. The van der Waals surface area contributed by atoms with Gasteiger partial charge >= 0.3 is 5.97 Å². The summed E-state index contributed by atoms with van der Waals surface area (Å²) in [6.07, 6.45) is 1.92. The highest BCUT2D eigenvalue weighted by molar-refractivity contribution is 6.32. The standard InChI is InChI=1S/C32H36ClNO5/c1-21-5-9-28(33)29(18-21)39-20-24-6-7-25(8-10-30(35)37-4)27(19-24)31(36)34-32(11-13-38-14-12-32)26-16-22(2)15-23(3)17-26/h5-7,9,15-19H,8,10-14,20H2,1-4H3,(H,34,36). The van der Waals surface area contributed by atoms with Crippen LogP contribution in [-0.2, 0) is 32.8 Å². The van der Waals surface area contributed by atoms with Crippen molar-refractivity contribution in [3.05, 3.63) is 98.6 Å². The lowest BCUT2D eigenvalue weighted by Crippen LogP contribution is -2.49. The second-order valence-corrected chi connectivity index (χ2v) is 10.7. The summed E-state index contributed by atoms with van der Waals surface area (Å²) in [7, 11) is 1.37. The van der Waals surface area contributed by atoms with Gasteiger partial charge in [-0.2, -0.15) is 0 Å². The molecule has 39 heavy (non-hydrogen) atoms. The van der Waals surface area contributed by atoms with Crippen LogP contribution in [0.4, 0.5) is 0 Å². The van der Waals surface area contributed by atoms with Crippen molar-refractivity contribution in [2.24, 2.45) is 0 Å². The fraction of sp³-hybridized carbons (Fsp3) is 0.375. The molecule has 4 rings (SSSR count). The second kappa shape index (κ2) is 12.7. The van der Waals surface area contributed by atoms with Crippen LogP contribution in [-0.4, -0.2) is 32.2 Å². The molecule has 6 nitrogen and oxygen atoms in total. The molecule has 1 aliphatic heterocycles. The number of benzene rings is 3. The van der Waals surface area contributed by atoms with Gasteiger partial charge in [0.15, 0.2) is 0 Å². The maximum absolute atomic E-state index is 14.0. The minimum Gasteiger partial charge on any atom is -0.487 e. The van der Waals surface area contributed by atoms with Gasteiger partial charge in [0.25, 0.3) is 5.91 Å². The number of hydrogen-bond acceptors (Lipinski definition) is 5. The smallest absolute Gasteiger partial charge is 0.305 e. The third kappa shape index (κ3) is 7.20. The van der Waals surface area contributed by atoms with Crippen molar-refractivity contribution in [3.8, 4) is 5.75 Å². The molecule has 0 spiro atoms. The molecule has 1 saturated heterocycles. The number of hydrogen-bond donors (Lipinski definition) is 1. The normalized spacial score (nSPS) is 14.5. The number of ether oxygens (including phenoxy) is 3. The third-order valence-electron chi connectivity index (χ3n) is 7.20. The summed E-state index contributed by atoms with van der Waals surface area (Å²) < 4.78 is 16.5. The molecule has 0 unspecified atom stereocenters.